The molecule has 0 fully saturated rings. The molecule has 94 valence electrons. The minimum absolute atomic E-state index is 0.195. The molecule has 19 heavy (non-hydrogen) atoms. The van der Waals surface area contributed by atoms with Crippen LogP contribution in [0.15, 0.2) is 54.7 Å². The summed E-state index contributed by atoms with van der Waals surface area (Å²) in [4.78, 5) is 4.41. The molecule has 1 aromatic heterocycles. The molecule has 0 aliphatic heterocycles. The zero-order chi connectivity index (χ0) is 13.2. The summed E-state index contributed by atoms with van der Waals surface area (Å²) >= 11 is 0. The Morgan fingerprint density at radius 1 is 1.00 bits per heavy atom. The Bertz CT molecular complexity index is 738. The zero-order valence-corrected chi connectivity index (χ0v) is 10.3. The number of hydrogen-bond acceptors (Lipinski definition) is 2. The Balaban J connectivity index is 2.13. The second-order valence-corrected chi connectivity index (χ2v) is 4.43. The molecule has 0 unspecified atom stereocenters. The summed E-state index contributed by atoms with van der Waals surface area (Å²) in [7, 11) is 0. The average molecular weight is 252 g/mol. The summed E-state index contributed by atoms with van der Waals surface area (Å²) in [5.74, 6) is -0.264. The molecule has 0 aliphatic rings. The molecule has 0 saturated heterocycles. The predicted octanol–water partition coefficient (Wildman–Crippen LogP) is 3.50. The molecule has 0 amide bonds. The van der Waals surface area contributed by atoms with Crippen molar-refractivity contribution in [1.29, 1.82) is 0 Å². The Hall–Kier alpha value is -2.26. The van der Waals surface area contributed by atoms with Gasteiger partial charge in [0.25, 0.3) is 0 Å². The fourth-order valence-corrected chi connectivity index (χ4v) is 2.14. The molecule has 3 heteroatoms. The summed E-state index contributed by atoms with van der Waals surface area (Å²) in [6, 6.07) is 14.9. The third-order valence-corrected chi connectivity index (χ3v) is 3.19. The Morgan fingerprint density at radius 3 is 2.68 bits per heavy atom. The van der Waals surface area contributed by atoms with Gasteiger partial charge in [0, 0.05) is 29.3 Å². The Morgan fingerprint density at radius 2 is 1.84 bits per heavy atom. The number of nitrogens with zero attached hydrogens (tertiary/aromatic N) is 1. The van der Waals surface area contributed by atoms with Crippen LogP contribution in [0.1, 0.15) is 5.56 Å². The van der Waals surface area contributed by atoms with Crippen LogP contribution in [-0.2, 0) is 6.54 Å². The summed E-state index contributed by atoms with van der Waals surface area (Å²) in [6.07, 6.45) is 1.80. The van der Waals surface area contributed by atoms with Crippen LogP contribution in [0, 0.1) is 5.82 Å². The van der Waals surface area contributed by atoms with Crippen molar-refractivity contribution in [2.45, 2.75) is 6.54 Å². The number of para-hydroxylation sites is 1. The van der Waals surface area contributed by atoms with E-state index in [1.54, 1.807) is 18.3 Å². The molecule has 0 bridgehead atoms. The van der Waals surface area contributed by atoms with Crippen LogP contribution < -0.4 is 5.73 Å². The van der Waals surface area contributed by atoms with Crippen molar-refractivity contribution in [2.24, 2.45) is 5.73 Å². The number of rotatable bonds is 2. The van der Waals surface area contributed by atoms with Crippen LogP contribution >= 0.6 is 0 Å². The summed E-state index contributed by atoms with van der Waals surface area (Å²) in [5, 5.41) is 1.07. The molecule has 0 aliphatic carbocycles. The maximum atomic E-state index is 13.4. The lowest BCUT2D eigenvalue weighted by Gasteiger charge is -2.06. The van der Waals surface area contributed by atoms with E-state index in [1.807, 2.05) is 24.3 Å². The van der Waals surface area contributed by atoms with Crippen molar-refractivity contribution in [2.75, 3.05) is 0 Å². The van der Waals surface area contributed by atoms with Gasteiger partial charge in [-0.1, -0.05) is 24.3 Å². The topological polar surface area (TPSA) is 38.9 Å². The first-order chi connectivity index (χ1) is 9.28. The van der Waals surface area contributed by atoms with Gasteiger partial charge < -0.3 is 5.73 Å². The van der Waals surface area contributed by atoms with E-state index in [0.717, 1.165) is 22.0 Å². The molecule has 2 N–H and O–H groups in total. The fraction of sp³-hybridized carbons (Fsp3) is 0.0625. The SMILES string of the molecule is NCc1cc(-c2cnc3ccccc3c2)ccc1F. The van der Waals surface area contributed by atoms with Crippen molar-refractivity contribution in [3.05, 3.63) is 66.1 Å². The van der Waals surface area contributed by atoms with Crippen LogP contribution in [0.25, 0.3) is 22.0 Å². The minimum atomic E-state index is -0.264. The lowest BCUT2D eigenvalue weighted by molar-refractivity contribution is 0.611. The lowest BCUT2D eigenvalue weighted by atomic mass is 10.0. The third-order valence-electron chi connectivity index (χ3n) is 3.19. The van der Waals surface area contributed by atoms with Crippen LogP contribution in [0.5, 0.6) is 0 Å². The second-order valence-electron chi connectivity index (χ2n) is 4.43. The van der Waals surface area contributed by atoms with Crippen molar-refractivity contribution in [3.63, 3.8) is 0 Å². The first-order valence-corrected chi connectivity index (χ1v) is 6.11. The van der Waals surface area contributed by atoms with Gasteiger partial charge in [-0.15, -0.1) is 0 Å². The number of nitrogens with two attached hydrogens (primary N) is 1. The monoisotopic (exact) mass is 252 g/mol. The van der Waals surface area contributed by atoms with Gasteiger partial charge in [0.1, 0.15) is 5.82 Å². The summed E-state index contributed by atoms with van der Waals surface area (Å²) in [6.45, 7) is 0.195. The molecule has 1 heterocycles. The van der Waals surface area contributed by atoms with Crippen molar-refractivity contribution in [3.8, 4) is 11.1 Å². The van der Waals surface area contributed by atoms with Gasteiger partial charge in [0.15, 0.2) is 0 Å². The van der Waals surface area contributed by atoms with Crippen LogP contribution in [-0.4, -0.2) is 4.98 Å². The first-order valence-electron chi connectivity index (χ1n) is 6.11. The lowest BCUT2D eigenvalue weighted by Crippen LogP contribution is -1.99. The number of halogens is 1. The van der Waals surface area contributed by atoms with E-state index in [-0.39, 0.29) is 12.4 Å². The minimum Gasteiger partial charge on any atom is -0.326 e. The van der Waals surface area contributed by atoms with Crippen molar-refractivity contribution in [1.82, 2.24) is 4.98 Å². The van der Waals surface area contributed by atoms with Crippen LogP contribution in [0.3, 0.4) is 0 Å². The molecule has 0 spiro atoms. The molecule has 0 atom stereocenters. The number of pyridine rings is 1. The third kappa shape index (κ3) is 2.20. The van der Waals surface area contributed by atoms with Gasteiger partial charge in [0.05, 0.1) is 5.52 Å². The molecule has 2 nitrogen and oxygen atoms in total. The maximum Gasteiger partial charge on any atom is 0.127 e. The molecular weight excluding hydrogens is 239 g/mol. The van der Waals surface area contributed by atoms with E-state index < -0.39 is 0 Å². The Kier molecular flexibility index (Phi) is 2.97. The van der Waals surface area contributed by atoms with Crippen molar-refractivity contribution < 1.29 is 4.39 Å². The van der Waals surface area contributed by atoms with E-state index in [2.05, 4.69) is 11.1 Å². The first kappa shape index (κ1) is 11.8. The van der Waals surface area contributed by atoms with Crippen LogP contribution in [0.2, 0.25) is 0 Å². The van der Waals surface area contributed by atoms with E-state index in [0.29, 0.717) is 5.56 Å². The zero-order valence-electron chi connectivity index (χ0n) is 10.3. The molecule has 2 aromatic carbocycles. The fourth-order valence-electron chi connectivity index (χ4n) is 2.14. The maximum absolute atomic E-state index is 13.4. The van der Waals surface area contributed by atoms with Gasteiger partial charge >= 0.3 is 0 Å². The quantitative estimate of drug-likeness (QED) is 0.758. The number of aromatic nitrogens is 1. The largest absolute Gasteiger partial charge is 0.326 e. The van der Waals surface area contributed by atoms with Crippen LogP contribution in [0.4, 0.5) is 4.39 Å². The van der Waals surface area contributed by atoms with Gasteiger partial charge in [-0.2, -0.15) is 0 Å². The highest BCUT2D eigenvalue weighted by atomic mass is 19.1. The molecule has 0 radical (unpaired) electrons. The van der Waals surface area contributed by atoms with Crippen molar-refractivity contribution >= 4 is 10.9 Å². The average Bonchev–Trinajstić information content (AvgIpc) is 2.47. The standard InChI is InChI=1S/C16H13FN2/c17-15-6-5-11(7-13(15)9-18)14-8-12-3-1-2-4-16(12)19-10-14/h1-8,10H,9,18H2. The number of hydrogen-bond donors (Lipinski definition) is 1. The smallest absolute Gasteiger partial charge is 0.127 e. The summed E-state index contributed by atoms with van der Waals surface area (Å²) in [5.41, 5.74) is 8.90. The van der Waals surface area contributed by atoms with E-state index in [4.69, 9.17) is 5.73 Å². The number of benzene rings is 2. The Labute approximate surface area is 110 Å². The molecule has 3 aromatic rings. The van der Waals surface area contributed by atoms with Gasteiger partial charge in [-0.3, -0.25) is 4.98 Å². The predicted molar refractivity (Wildman–Crippen MR) is 75.0 cm³/mol. The van der Waals surface area contributed by atoms with E-state index in [1.165, 1.54) is 6.07 Å². The van der Waals surface area contributed by atoms with E-state index >= 15 is 0 Å². The van der Waals surface area contributed by atoms with Gasteiger partial charge in [-0.05, 0) is 29.8 Å². The molecule has 0 saturated carbocycles. The second kappa shape index (κ2) is 4.78. The van der Waals surface area contributed by atoms with E-state index in [9.17, 15) is 4.39 Å². The van der Waals surface area contributed by atoms with Gasteiger partial charge in [-0.25, -0.2) is 4.39 Å². The highest BCUT2D eigenvalue weighted by Crippen LogP contribution is 2.24. The summed E-state index contributed by atoms with van der Waals surface area (Å²) < 4.78 is 13.4. The van der Waals surface area contributed by atoms with Gasteiger partial charge in [0.2, 0.25) is 0 Å². The molecular formula is C16H13FN2. The highest BCUT2D eigenvalue weighted by Gasteiger charge is 2.05. The number of fused-ring (bicyclic) bond motifs is 1. The highest BCUT2D eigenvalue weighted by molar-refractivity contribution is 5.83. The normalized spacial score (nSPS) is 10.8. The molecule has 3 rings (SSSR count).